The molecule has 0 saturated carbocycles. The summed E-state index contributed by atoms with van der Waals surface area (Å²) in [5, 5.41) is 11.4. The average Bonchev–Trinajstić information content (AvgIpc) is 2.35. The summed E-state index contributed by atoms with van der Waals surface area (Å²) in [5.41, 5.74) is 1.17. The van der Waals surface area contributed by atoms with Crippen molar-refractivity contribution in [3.05, 3.63) is 35.9 Å². The summed E-state index contributed by atoms with van der Waals surface area (Å²) < 4.78 is 22.3. The quantitative estimate of drug-likeness (QED) is 0.431. The molecule has 10 heteroatoms. The van der Waals surface area contributed by atoms with Crippen LogP contribution >= 0.6 is 16.5 Å². The van der Waals surface area contributed by atoms with E-state index in [9.17, 15) is 13.9 Å². The third-order valence-electron chi connectivity index (χ3n) is 1.86. The van der Waals surface area contributed by atoms with Gasteiger partial charge in [-0.15, -0.1) is 0 Å². The summed E-state index contributed by atoms with van der Waals surface area (Å²) >= 11 is 0. The van der Waals surface area contributed by atoms with Crippen LogP contribution in [0.1, 0.15) is 12.0 Å². The number of hydrogen-bond donors (Lipinski definition) is 4. The van der Waals surface area contributed by atoms with Crippen LogP contribution < -0.4 is 5.32 Å². The first-order valence-electron chi connectivity index (χ1n) is 5.52. The van der Waals surface area contributed by atoms with Crippen LogP contribution in [0, 0.1) is 0 Å². The van der Waals surface area contributed by atoms with Crippen molar-refractivity contribution in [2.24, 2.45) is 0 Å². The first kappa shape index (κ1) is 19.0. The molecule has 1 aromatic rings. The molecule has 0 heterocycles. The predicted octanol–water partition coefficient (Wildman–Crippen LogP) is 1.02. The zero-order chi connectivity index (χ0) is 15.4. The summed E-state index contributed by atoms with van der Waals surface area (Å²) in [7, 11) is -6.40. The zero-order valence-corrected chi connectivity index (χ0v) is 12.5. The summed E-state index contributed by atoms with van der Waals surface area (Å²) in [4.78, 5) is 25.6. The maximum absolute atomic E-state index is 10.2. The molecule has 0 amide bonds. The molecule has 8 nitrogen and oxygen atoms in total. The maximum Gasteiger partial charge on any atom is 0.323 e. The van der Waals surface area contributed by atoms with Crippen LogP contribution in [0.4, 0.5) is 0 Å². The highest BCUT2D eigenvalue weighted by Crippen LogP contribution is 2.30. The Morgan fingerprint density at radius 2 is 1.70 bits per heavy atom. The number of carboxylic acid groups (broad SMARTS) is 1. The molecule has 1 aromatic carbocycles. The van der Waals surface area contributed by atoms with Gasteiger partial charge >= 0.3 is 22.5 Å². The summed E-state index contributed by atoms with van der Waals surface area (Å²) in [6.07, 6.45) is 0.173. The molecule has 0 saturated heterocycles. The topological polar surface area (TPSA) is 133 Å². The molecule has 2 atom stereocenters. The van der Waals surface area contributed by atoms with Gasteiger partial charge in [0.2, 0.25) is 0 Å². The van der Waals surface area contributed by atoms with Gasteiger partial charge in [0, 0.05) is 13.1 Å². The van der Waals surface area contributed by atoms with Crippen LogP contribution in [-0.2, 0) is 24.8 Å². The van der Waals surface area contributed by atoms with Crippen molar-refractivity contribution in [1.29, 1.82) is 0 Å². The van der Waals surface area contributed by atoms with Gasteiger partial charge in [0.05, 0.1) is 6.42 Å². The molecule has 2 unspecified atom stereocenters. The normalized spacial score (nSPS) is 12.9. The number of aliphatic carboxylic acids is 1. The monoisotopic (exact) mass is 325 g/mol. The lowest BCUT2D eigenvalue weighted by Crippen LogP contribution is -2.17. The Hall–Kier alpha value is -1.01. The van der Waals surface area contributed by atoms with Gasteiger partial charge in [-0.3, -0.25) is 13.9 Å². The van der Waals surface area contributed by atoms with Crippen LogP contribution in [0.5, 0.6) is 0 Å². The second kappa shape index (κ2) is 11.8. The van der Waals surface area contributed by atoms with E-state index in [-0.39, 0.29) is 6.42 Å². The Labute approximate surface area is 117 Å². The Bertz CT molecular complexity index is 428. The SMILES string of the molecule is O=C(O)CCNCc1ccccc1.O=[PH](O)O[PH](=O)O. The minimum absolute atomic E-state index is 0.173. The minimum atomic E-state index is -3.20. The van der Waals surface area contributed by atoms with Crippen LogP contribution in [0.3, 0.4) is 0 Å². The molecule has 0 aliphatic carbocycles. The molecule has 0 radical (unpaired) electrons. The summed E-state index contributed by atoms with van der Waals surface area (Å²) in [6, 6.07) is 9.91. The van der Waals surface area contributed by atoms with Crippen molar-refractivity contribution in [3.8, 4) is 0 Å². The molecular weight excluding hydrogens is 308 g/mol. The van der Waals surface area contributed by atoms with E-state index < -0.39 is 22.5 Å². The zero-order valence-electron chi connectivity index (χ0n) is 10.5. The average molecular weight is 325 g/mol. The first-order chi connectivity index (χ1) is 9.41. The lowest BCUT2D eigenvalue weighted by atomic mass is 10.2. The van der Waals surface area contributed by atoms with Crippen molar-refractivity contribution >= 4 is 22.5 Å². The smallest absolute Gasteiger partial charge is 0.323 e. The van der Waals surface area contributed by atoms with Crippen molar-refractivity contribution in [1.82, 2.24) is 5.32 Å². The second-order valence-electron chi connectivity index (χ2n) is 3.44. The van der Waals surface area contributed by atoms with Gasteiger partial charge in [-0.2, -0.15) is 0 Å². The van der Waals surface area contributed by atoms with Gasteiger partial charge in [0.15, 0.2) is 0 Å². The van der Waals surface area contributed by atoms with Gasteiger partial charge in [0.1, 0.15) is 0 Å². The number of benzene rings is 1. The van der Waals surface area contributed by atoms with Crippen LogP contribution in [-0.4, -0.2) is 27.4 Å². The lowest BCUT2D eigenvalue weighted by Gasteiger charge is -2.01. The van der Waals surface area contributed by atoms with E-state index in [2.05, 4.69) is 9.63 Å². The van der Waals surface area contributed by atoms with Gasteiger partial charge in [0.25, 0.3) is 0 Å². The standard InChI is InChI=1S/C10H13NO2.H4O5P2/c12-10(13)6-7-11-8-9-4-2-1-3-5-9;1-6(2)5-7(3)4/h1-5,11H,6-8H2,(H,12,13);6-7H,(H,1,2)(H,3,4). The molecule has 0 fully saturated rings. The number of carboxylic acids is 1. The molecule has 0 spiro atoms. The van der Waals surface area contributed by atoms with Crippen molar-refractivity contribution < 1.29 is 33.1 Å². The summed E-state index contributed by atoms with van der Waals surface area (Å²) in [6.45, 7) is 1.25. The van der Waals surface area contributed by atoms with E-state index in [0.29, 0.717) is 6.54 Å². The largest absolute Gasteiger partial charge is 0.481 e. The first-order valence-corrected chi connectivity index (χ1v) is 8.04. The molecule has 114 valence electrons. The van der Waals surface area contributed by atoms with E-state index in [4.69, 9.17) is 14.9 Å². The highest BCUT2D eigenvalue weighted by Gasteiger charge is 1.95. The maximum atomic E-state index is 10.2. The van der Waals surface area contributed by atoms with Gasteiger partial charge < -0.3 is 20.2 Å². The van der Waals surface area contributed by atoms with Crippen LogP contribution in [0.15, 0.2) is 30.3 Å². The van der Waals surface area contributed by atoms with Crippen LogP contribution in [0.2, 0.25) is 0 Å². The number of nitrogens with one attached hydrogen (secondary N) is 1. The second-order valence-corrected chi connectivity index (χ2v) is 5.32. The van der Waals surface area contributed by atoms with Gasteiger partial charge in [-0.25, -0.2) is 4.31 Å². The van der Waals surface area contributed by atoms with Crippen molar-refractivity contribution in [2.75, 3.05) is 6.54 Å². The molecule has 0 bridgehead atoms. The highest BCUT2D eigenvalue weighted by molar-refractivity contribution is 7.46. The van der Waals surface area contributed by atoms with E-state index in [1.165, 1.54) is 5.56 Å². The number of rotatable bonds is 7. The molecular formula is C10H17NO7P2. The van der Waals surface area contributed by atoms with E-state index in [1.54, 1.807) is 0 Å². The Morgan fingerprint density at radius 1 is 1.15 bits per heavy atom. The lowest BCUT2D eigenvalue weighted by molar-refractivity contribution is -0.136. The van der Waals surface area contributed by atoms with Crippen LogP contribution in [0.25, 0.3) is 0 Å². The molecule has 1 rings (SSSR count). The Kier molecular flexibility index (Phi) is 11.2. The van der Waals surface area contributed by atoms with Crippen molar-refractivity contribution in [3.63, 3.8) is 0 Å². The fourth-order valence-electron chi connectivity index (χ4n) is 1.10. The van der Waals surface area contributed by atoms with Gasteiger partial charge in [-0.1, -0.05) is 30.3 Å². The third kappa shape index (κ3) is 13.4. The number of carbonyl (C=O) groups is 1. The summed E-state index contributed by atoms with van der Waals surface area (Å²) in [5.74, 6) is -0.763. The molecule has 0 aliphatic rings. The number of hydrogen-bond acceptors (Lipinski definition) is 5. The van der Waals surface area contributed by atoms with E-state index >= 15 is 0 Å². The molecule has 0 aliphatic heterocycles. The third-order valence-corrected chi connectivity index (χ3v) is 3.26. The molecule has 0 aromatic heterocycles. The van der Waals surface area contributed by atoms with Gasteiger partial charge in [-0.05, 0) is 5.56 Å². The van der Waals surface area contributed by atoms with E-state index in [0.717, 1.165) is 6.54 Å². The minimum Gasteiger partial charge on any atom is -0.481 e. The van der Waals surface area contributed by atoms with Crippen molar-refractivity contribution in [2.45, 2.75) is 13.0 Å². The fraction of sp³-hybridized carbons (Fsp3) is 0.300. The highest BCUT2D eigenvalue weighted by atomic mass is 31.2. The Balaban J connectivity index is 0.000000441. The van der Waals surface area contributed by atoms with E-state index in [1.807, 2.05) is 30.3 Å². The Morgan fingerprint density at radius 3 is 2.10 bits per heavy atom. The molecule has 20 heavy (non-hydrogen) atoms. The fourth-order valence-corrected chi connectivity index (χ4v) is 1.70. The molecule has 4 N–H and O–H groups in total. The predicted molar refractivity (Wildman–Crippen MR) is 73.9 cm³/mol.